The van der Waals surface area contributed by atoms with E-state index in [1.165, 1.54) is 52.5 Å². The Morgan fingerprint density at radius 2 is 1.16 bits per heavy atom. The maximum atomic E-state index is 5.41. The lowest BCUT2D eigenvalue weighted by atomic mass is 10.0. The summed E-state index contributed by atoms with van der Waals surface area (Å²) >= 11 is 1.85. The van der Waals surface area contributed by atoms with Crippen molar-refractivity contribution in [1.82, 2.24) is 14.5 Å². The van der Waals surface area contributed by atoms with Gasteiger partial charge in [-0.15, -0.1) is 11.3 Å². The Labute approximate surface area is 256 Å². The maximum Gasteiger partial charge on any atom is 0.235 e. The third-order valence-electron chi connectivity index (χ3n) is 8.97. The first-order valence-electron chi connectivity index (χ1n) is 14.8. The number of rotatable bonds is 2. The topological polar surface area (TPSA) is 30.7 Å². The summed E-state index contributed by atoms with van der Waals surface area (Å²) in [5.41, 5.74) is 5.22. The van der Waals surface area contributed by atoms with Crippen LogP contribution in [-0.4, -0.2) is 14.5 Å². The van der Waals surface area contributed by atoms with Gasteiger partial charge in [0, 0.05) is 41.9 Å². The summed E-state index contributed by atoms with van der Waals surface area (Å²) in [5, 5.41) is 11.0. The fourth-order valence-electron chi connectivity index (χ4n) is 7.01. The van der Waals surface area contributed by atoms with Gasteiger partial charge in [-0.25, -0.2) is 9.97 Å². The number of aromatic nitrogens is 3. The predicted molar refractivity (Wildman–Crippen MR) is 187 cm³/mol. The van der Waals surface area contributed by atoms with Gasteiger partial charge in [-0.3, -0.25) is 4.57 Å². The summed E-state index contributed by atoms with van der Waals surface area (Å²) in [6.45, 7) is 0. The van der Waals surface area contributed by atoms with Crippen molar-refractivity contribution in [2.75, 3.05) is 0 Å². The lowest BCUT2D eigenvalue weighted by Crippen LogP contribution is -2.03. The van der Waals surface area contributed by atoms with Gasteiger partial charge in [-0.2, -0.15) is 0 Å². The van der Waals surface area contributed by atoms with E-state index in [2.05, 4.69) is 144 Å². The van der Waals surface area contributed by atoms with Gasteiger partial charge in [0.25, 0.3) is 0 Å². The van der Waals surface area contributed by atoms with Crippen LogP contribution in [0.25, 0.3) is 91.6 Å². The van der Waals surface area contributed by atoms with Crippen molar-refractivity contribution in [2.24, 2.45) is 0 Å². The largest absolute Gasteiger partial charge is 0.277 e. The molecule has 10 rings (SSSR count). The molecule has 0 atom stereocenters. The molecule has 0 saturated carbocycles. The van der Waals surface area contributed by atoms with Gasteiger partial charge in [0.1, 0.15) is 0 Å². The number of hydrogen-bond donors (Lipinski definition) is 0. The first-order valence-corrected chi connectivity index (χ1v) is 15.7. The van der Waals surface area contributed by atoms with Gasteiger partial charge in [-0.1, -0.05) is 109 Å². The molecule has 0 fully saturated rings. The number of benzene rings is 7. The number of para-hydroxylation sites is 2. The van der Waals surface area contributed by atoms with E-state index in [0.717, 1.165) is 33.2 Å². The molecule has 0 saturated heterocycles. The van der Waals surface area contributed by atoms with E-state index in [0.29, 0.717) is 5.95 Å². The van der Waals surface area contributed by atoms with E-state index in [1.807, 2.05) is 11.3 Å². The van der Waals surface area contributed by atoms with Gasteiger partial charge < -0.3 is 0 Å². The Bertz CT molecular complexity index is 2790. The standard InChI is InChI=1S/C40H23N3S/c1-2-11-26-23-27(18-17-24(26)9-1)38-31-14-5-7-15-32(31)41-40(42-38)43-33-16-8-6-13-29(33)30-20-22-35-37(39(30)43)36-28-12-4-3-10-25(28)19-21-34(36)44-35/h1-23H. The zero-order valence-corrected chi connectivity index (χ0v) is 24.3. The fourth-order valence-corrected chi connectivity index (χ4v) is 8.13. The lowest BCUT2D eigenvalue weighted by molar-refractivity contribution is 1.02. The molecule has 3 nitrogen and oxygen atoms in total. The second kappa shape index (κ2) is 8.96. The molecular formula is C40H23N3S. The monoisotopic (exact) mass is 577 g/mol. The van der Waals surface area contributed by atoms with Crippen LogP contribution >= 0.6 is 11.3 Å². The van der Waals surface area contributed by atoms with Crippen molar-refractivity contribution in [3.8, 4) is 17.2 Å². The van der Waals surface area contributed by atoms with Gasteiger partial charge in [0.15, 0.2) is 0 Å². The van der Waals surface area contributed by atoms with Crippen LogP contribution in [0.2, 0.25) is 0 Å². The molecule has 0 aliphatic carbocycles. The van der Waals surface area contributed by atoms with Crippen LogP contribution in [0.15, 0.2) is 140 Å². The van der Waals surface area contributed by atoms with Crippen molar-refractivity contribution >= 4 is 85.8 Å². The predicted octanol–water partition coefficient (Wildman–Crippen LogP) is 11.1. The first-order chi connectivity index (χ1) is 21.8. The maximum absolute atomic E-state index is 5.41. The molecule has 0 bridgehead atoms. The molecule has 0 amide bonds. The highest BCUT2D eigenvalue weighted by atomic mass is 32.1. The molecule has 10 aromatic rings. The van der Waals surface area contributed by atoms with Crippen molar-refractivity contribution in [1.29, 1.82) is 0 Å². The van der Waals surface area contributed by atoms with E-state index >= 15 is 0 Å². The van der Waals surface area contributed by atoms with E-state index in [4.69, 9.17) is 9.97 Å². The molecule has 3 aromatic heterocycles. The Hall–Kier alpha value is -5.58. The summed E-state index contributed by atoms with van der Waals surface area (Å²) in [7, 11) is 0. The van der Waals surface area contributed by atoms with Crippen molar-refractivity contribution < 1.29 is 0 Å². The van der Waals surface area contributed by atoms with Crippen LogP contribution in [0.1, 0.15) is 0 Å². The smallest absolute Gasteiger partial charge is 0.235 e. The molecule has 0 radical (unpaired) electrons. The number of hydrogen-bond acceptors (Lipinski definition) is 3. The van der Waals surface area contributed by atoms with Crippen molar-refractivity contribution in [3.05, 3.63) is 140 Å². The third kappa shape index (κ3) is 3.31. The molecule has 0 N–H and O–H groups in total. The highest BCUT2D eigenvalue weighted by Gasteiger charge is 2.21. The zero-order chi connectivity index (χ0) is 28.8. The first kappa shape index (κ1) is 23.9. The molecule has 0 aliphatic heterocycles. The Morgan fingerprint density at radius 1 is 0.477 bits per heavy atom. The summed E-state index contributed by atoms with van der Waals surface area (Å²) in [5.74, 6) is 0.685. The Kier molecular flexibility index (Phi) is 4.87. The minimum absolute atomic E-state index is 0.685. The number of fused-ring (bicyclic) bond motifs is 11. The normalized spacial score (nSPS) is 12.1. The fraction of sp³-hybridized carbons (Fsp3) is 0. The van der Waals surface area contributed by atoms with E-state index in [9.17, 15) is 0 Å². The van der Waals surface area contributed by atoms with Gasteiger partial charge in [0.05, 0.1) is 22.2 Å². The molecule has 7 aromatic carbocycles. The van der Waals surface area contributed by atoms with Gasteiger partial charge in [0.2, 0.25) is 5.95 Å². The average molecular weight is 578 g/mol. The van der Waals surface area contributed by atoms with Crippen LogP contribution < -0.4 is 0 Å². The molecule has 3 heterocycles. The summed E-state index contributed by atoms with van der Waals surface area (Å²) in [6.07, 6.45) is 0. The number of nitrogens with zero attached hydrogens (tertiary/aromatic N) is 3. The van der Waals surface area contributed by atoms with Crippen LogP contribution in [0.3, 0.4) is 0 Å². The number of thiophene rings is 1. The average Bonchev–Trinajstić information content (AvgIpc) is 3.64. The molecule has 0 spiro atoms. The summed E-state index contributed by atoms with van der Waals surface area (Å²) in [6, 6.07) is 49.9. The van der Waals surface area contributed by atoms with Crippen LogP contribution in [0.5, 0.6) is 0 Å². The van der Waals surface area contributed by atoms with E-state index in [-0.39, 0.29) is 0 Å². The van der Waals surface area contributed by atoms with Crippen LogP contribution in [-0.2, 0) is 0 Å². The Balaban J connectivity index is 1.38. The highest BCUT2D eigenvalue weighted by molar-refractivity contribution is 7.26. The van der Waals surface area contributed by atoms with Crippen LogP contribution in [0.4, 0.5) is 0 Å². The highest BCUT2D eigenvalue weighted by Crippen LogP contribution is 2.45. The van der Waals surface area contributed by atoms with Crippen molar-refractivity contribution in [3.63, 3.8) is 0 Å². The van der Waals surface area contributed by atoms with Gasteiger partial charge >= 0.3 is 0 Å². The van der Waals surface area contributed by atoms with Crippen molar-refractivity contribution in [2.45, 2.75) is 0 Å². The SMILES string of the molecule is c1ccc2cc(-c3nc(-n4c5ccccc5c5ccc6sc7ccc8ccccc8c7c6c54)nc4ccccc34)ccc2c1. The lowest BCUT2D eigenvalue weighted by Gasteiger charge is -2.13. The molecule has 204 valence electrons. The second-order valence-electron chi connectivity index (χ2n) is 11.4. The second-order valence-corrected chi connectivity index (χ2v) is 12.5. The molecule has 4 heteroatoms. The van der Waals surface area contributed by atoms with Crippen LogP contribution in [0, 0.1) is 0 Å². The van der Waals surface area contributed by atoms with Gasteiger partial charge in [-0.05, 0) is 51.9 Å². The molecular weight excluding hydrogens is 555 g/mol. The third-order valence-corrected chi connectivity index (χ3v) is 10.1. The minimum Gasteiger partial charge on any atom is -0.277 e. The molecule has 44 heavy (non-hydrogen) atoms. The van der Waals surface area contributed by atoms with E-state index < -0.39 is 0 Å². The summed E-state index contributed by atoms with van der Waals surface area (Å²) < 4.78 is 4.86. The molecule has 0 unspecified atom stereocenters. The Morgan fingerprint density at radius 3 is 2.07 bits per heavy atom. The molecule has 0 aliphatic rings. The summed E-state index contributed by atoms with van der Waals surface area (Å²) in [4.78, 5) is 10.7. The zero-order valence-electron chi connectivity index (χ0n) is 23.5. The van der Waals surface area contributed by atoms with E-state index in [1.54, 1.807) is 0 Å². The minimum atomic E-state index is 0.685. The quantitative estimate of drug-likeness (QED) is 0.205.